The molecule has 5 heteroatoms. The maximum Gasteiger partial charge on any atom is 0.209 e. The first-order valence-corrected chi connectivity index (χ1v) is 6.77. The molecule has 0 atom stereocenters. The molecule has 0 saturated heterocycles. The second-order valence-electron chi connectivity index (χ2n) is 3.57. The van der Waals surface area contributed by atoms with Gasteiger partial charge >= 0.3 is 0 Å². The van der Waals surface area contributed by atoms with Gasteiger partial charge in [0, 0.05) is 25.3 Å². The topological polar surface area (TPSA) is 82.2 Å². The lowest BCUT2D eigenvalue weighted by molar-refractivity contribution is -0.117. The van der Waals surface area contributed by atoms with Crippen LogP contribution in [-0.4, -0.2) is 38.0 Å². The van der Waals surface area contributed by atoms with Crippen LogP contribution in [0.2, 0.25) is 0 Å². The highest BCUT2D eigenvalue weighted by Gasteiger charge is 1.93. The van der Waals surface area contributed by atoms with Crippen molar-refractivity contribution in [3.63, 3.8) is 0 Å². The van der Waals surface area contributed by atoms with E-state index in [4.69, 9.17) is 11.0 Å². The average molecular weight is 278 g/mol. The van der Waals surface area contributed by atoms with Crippen molar-refractivity contribution in [1.29, 1.82) is 5.26 Å². The van der Waals surface area contributed by atoms with E-state index in [1.54, 1.807) is 29.2 Å². The van der Waals surface area contributed by atoms with Crippen LogP contribution in [0.3, 0.4) is 0 Å². The van der Waals surface area contributed by atoms with Crippen LogP contribution in [0.15, 0.2) is 24.3 Å². The molecule has 0 fully saturated rings. The predicted molar refractivity (Wildman–Crippen MR) is 84.2 cm³/mol. The number of likely N-dealkylation sites (N-methyl/N-ethyl adjacent to an activating group) is 2. The number of nitrogens with two attached hydrogens (primary N) is 1. The van der Waals surface area contributed by atoms with Gasteiger partial charge in [0.05, 0.1) is 11.6 Å². The maximum atomic E-state index is 10.1. The van der Waals surface area contributed by atoms with Gasteiger partial charge in [-0.2, -0.15) is 5.26 Å². The van der Waals surface area contributed by atoms with Crippen molar-refractivity contribution in [2.45, 2.75) is 20.8 Å². The molecule has 0 aliphatic heterocycles. The van der Waals surface area contributed by atoms with E-state index in [-0.39, 0.29) is 0 Å². The van der Waals surface area contributed by atoms with E-state index in [1.807, 2.05) is 33.9 Å². The Morgan fingerprint density at radius 1 is 1.35 bits per heavy atom. The molecule has 0 radical (unpaired) electrons. The van der Waals surface area contributed by atoms with E-state index in [2.05, 4.69) is 5.32 Å². The number of hydrogen-bond acceptors (Lipinski definition) is 4. The average Bonchev–Trinajstić information content (AvgIpc) is 2.52. The third-order valence-corrected chi connectivity index (χ3v) is 2.24. The number of nitrogens with one attached hydrogen (secondary N) is 1. The number of benzene rings is 1. The molecule has 0 aliphatic rings. The Balaban J connectivity index is 0. The molecule has 20 heavy (non-hydrogen) atoms. The third kappa shape index (κ3) is 11.1. The van der Waals surface area contributed by atoms with Gasteiger partial charge in [0.15, 0.2) is 0 Å². The summed E-state index contributed by atoms with van der Waals surface area (Å²) in [4.78, 5) is 11.9. The zero-order valence-corrected chi connectivity index (χ0v) is 12.9. The lowest BCUT2D eigenvalue weighted by atomic mass is 10.2. The number of carbonyl (C=O) groups excluding carboxylic acids is 1. The summed E-state index contributed by atoms with van der Waals surface area (Å²) >= 11 is 0. The van der Waals surface area contributed by atoms with Crippen LogP contribution >= 0.6 is 0 Å². The summed E-state index contributed by atoms with van der Waals surface area (Å²) in [6, 6.07) is 8.79. The van der Waals surface area contributed by atoms with Crippen LogP contribution in [0, 0.1) is 11.3 Å². The Morgan fingerprint density at radius 3 is 2.25 bits per heavy atom. The smallest absolute Gasteiger partial charge is 0.209 e. The summed E-state index contributed by atoms with van der Waals surface area (Å²) in [6.07, 6.45) is 0.872. The van der Waals surface area contributed by atoms with Gasteiger partial charge in [-0.3, -0.25) is 4.79 Å². The van der Waals surface area contributed by atoms with Gasteiger partial charge in [-0.15, -0.1) is 0 Å². The number of nitriles is 1. The first kappa shape index (κ1) is 20.3. The fourth-order valence-electron chi connectivity index (χ4n) is 1.10. The molecule has 1 aromatic rings. The lowest BCUT2D eigenvalue weighted by Gasteiger charge is -2.12. The zero-order valence-electron chi connectivity index (χ0n) is 12.9. The Morgan fingerprint density at radius 2 is 1.90 bits per heavy atom. The van der Waals surface area contributed by atoms with E-state index in [0.29, 0.717) is 11.3 Å². The molecule has 0 saturated carbocycles. The number of nitrogen functional groups attached to an aromatic ring is 1. The normalized spacial score (nSPS) is 8.15. The van der Waals surface area contributed by atoms with Crippen molar-refractivity contribution < 1.29 is 4.79 Å². The number of amides is 1. The van der Waals surface area contributed by atoms with Crippen LogP contribution in [0.4, 0.5) is 5.69 Å². The molecular weight excluding hydrogens is 252 g/mol. The molecule has 1 aromatic carbocycles. The van der Waals surface area contributed by atoms with Crippen LogP contribution in [0.5, 0.6) is 0 Å². The first-order valence-electron chi connectivity index (χ1n) is 6.77. The summed E-state index contributed by atoms with van der Waals surface area (Å²) < 4.78 is 0. The molecule has 1 rings (SSSR count). The molecule has 0 heterocycles. The van der Waals surface area contributed by atoms with E-state index in [1.165, 1.54) is 0 Å². The highest BCUT2D eigenvalue weighted by Crippen LogP contribution is 2.02. The fraction of sp³-hybridized carbons (Fsp3) is 0.467. The maximum absolute atomic E-state index is 10.1. The summed E-state index contributed by atoms with van der Waals surface area (Å²) in [7, 11) is 1.87. The highest BCUT2D eigenvalue weighted by atomic mass is 16.1. The monoisotopic (exact) mass is 278 g/mol. The van der Waals surface area contributed by atoms with Gasteiger partial charge < -0.3 is 16.0 Å². The highest BCUT2D eigenvalue weighted by molar-refractivity contribution is 5.46. The third-order valence-electron chi connectivity index (χ3n) is 2.24. The Bertz CT molecular complexity index is 370. The minimum atomic E-state index is 0.643. The van der Waals surface area contributed by atoms with Crippen LogP contribution < -0.4 is 11.1 Å². The number of nitrogens with zero attached hydrogens (tertiary/aromatic N) is 2. The Hall–Kier alpha value is -2.06. The lowest BCUT2D eigenvalue weighted by Crippen LogP contribution is -2.29. The minimum Gasteiger partial charge on any atom is -0.399 e. The van der Waals surface area contributed by atoms with Crippen LogP contribution in [0.1, 0.15) is 26.3 Å². The number of anilines is 1. The van der Waals surface area contributed by atoms with Gasteiger partial charge in [-0.25, -0.2) is 0 Å². The van der Waals surface area contributed by atoms with E-state index < -0.39 is 0 Å². The second-order valence-corrected chi connectivity index (χ2v) is 3.57. The van der Waals surface area contributed by atoms with Gasteiger partial charge in [0.1, 0.15) is 0 Å². The molecule has 0 aliphatic carbocycles. The zero-order chi connectivity index (χ0) is 15.8. The molecule has 0 spiro atoms. The van der Waals surface area contributed by atoms with Crippen molar-refractivity contribution in [3.05, 3.63) is 29.8 Å². The van der Waals surface area contributed by atoms with Crippen molar-refractivity contribution >= 4 is 12.1 Å². The first-order chi connectivity index (χ1) is 9.67. The van der Waals surface area contributed by atoms with Crippen molar-refractivity contribution in [1.82, 2.24) is 10.2 Å². The van der Waals surface area contributed by atoms with Crippen molar-refractivity contribution in [2.24, 2.45) is 0 Å². The standard InChI is InChI=1S/C7H6N2.C6H14N2O.C2H6/c8-5-6-1-3-7(9)4-2-6;1-3-8(6-9)5-4-7-2;1-2/h1-4H,9H2;6-7H,3-5H2,1-2H3;1-2H3. The fourth-order valence-corrected chi connectivity index (χ4v) is 1.10. The molecule has 0 aromatic heterocycles. The molecule has 0 unspecified atom stereocenters. The largest absolute Gasteiger partial charge is 0.399 e. The summed E-state index contributed by atoms with van der Waals surface area (Å²) in [6.45, 7) is 8.43. The molecule has 3 N–H and O–H groups in total. The summed E-state index contributed by atoms with van der Waals surface area (Å²) in [5.74, 6) is 0. The van der Waals surface area contributed by atoms with Gasteiger partial charge in [0.25, 0.3) is 0 Å². The SMILES string of the molecule is CC.CCN(C=O)CCNC.N#Cc1ccc(N)cc1. The molecular formula is C15H26N4O. The van der Waals surface area contributed by atoms with Crippen LogP contribution in [-0.2, 0) is 4.79 Å². The van der Waals surface area contributed by atoms with Gasteiger partial charge in [0.2, 0.25) is 6.41 Å². The Labute approximate surface area is 122 Å². The van der Waals surface area contributed by atoms with E-state index in [9.17, 15) is 4.79 Å². The van der Waals surface area contributed by atoms with E-state index in [0.717, 1.165) is 26.0 Å². The van der Waals surface area contributed by atoms with Crippen LogP contribution in [0.25, 0.3) is 0 Å². The molecule has 5 nitrogen and oxygen atoms in total. The number of hydrogen-bond donors (Lipinski definition) is 2. The Kier molecular flexibility index (Phi) is 15.2. The summed E-state index contributed by atoms with van der Waals surface area (Å²) in [5.41, 5.74) is 6.70. The second kappa shape index (κ2) is 15.0. The molecule has 1 amide bonds. The van der Waals surface area contributed by atoms with Crippen molar-refractivity contribution in [2.75, 3.05) is 32.4 Å². The van der Waals surface area contributed by atoms with Gasteiger partial charge in [-0.1, -0.05) is 13.8 Å². The van der Waals surface area contributed by atoms with Crippen molar-refractivity contribution in [3.8, 4) is 6.07 Å². The molecule has 112 valence electrons. The van der Waals surface area contributed by atoms with E-state index >= 15 is 0 Å². The molecule has 0 bridgehead atoms. The van der Waals surface area contributed by atoms with Gasteiger partial charge in [-0.05, 0) is 38.2 Å². The minimum absolute atomic E-state index is 0.643. The number of rotatable bonds is 5. The number of carbonyl (C=O) groups is 1. The quantitative estimate of drug-likeness (QED) is 0.636. The summed E-state index contributed by atoms with van der Waals surface area (Å²) in [5, 5.41) is 11.3. The predicted octanol–water partition coefficient (Wildman–Crippen LogP) is 1.85.